The Bertz CT molecular complexity index is 884. The SMILES string of the molecule is COc1ccc(C(=O)NCCNC(=O)C(NC(=O)c2ccccc2Cl)C(C)C)cc1. The van der Waals surface area contributed by atoms with Crippen LogP contribution in [0.25, 0.3) is 0 Å². The Hall–Kier alpha value is -3.06. The van der Waals surface area contributed by atoms with E-state index in [1.165, 1.54) is 0 Å². The molecule has 160 valence electrons. The van der Waals surface area contributed by atoms with Crippen molar-refractivity contribution in [2.24, 2.45) is 5.92 Å². The first-order valence-electron chi connectivity index (χ1n) is 9.58. The molecule has 2 aromatic carbocycles. The Balaban J connectivity index is 1.84. The predicted octanol–water partition coefficient (Wildman–Crippen LogP) is 2.65. The van der Waals surface area contributed by atoms with Gasteiger partial charge in [-0.25, -0.2) is 0 Å². The molecule has 3 amide bonds. The maximum Gasteiger partial charge on any atom is 0.253 e. The van der Waals surface area contributed by atoms with E-state index in [0.29, 0.717) is 21.9 Å². The molecule has 0 aliphatic carbocycles. The molecular weight excluding hydrogens is 406 g/mol. The van der Waals surface area contributed by atoms with Gasteiger partial charge in [0.25, 0.3) is 11.8 Å². The Kier molecular flexibility index (Phi) is 8.68. The van der Waals surface area contributed by atoms with Gasteiger partial charge < -0.3 is 20.7 Å². The molecule has 0 saturated carbocycles. The Morgan fingerprint density at radius 3 is 2.17 bits per heavy atom. The highest BCUT2D eigenvalue weighted by Crippen LogP contribution is 2.15. The van der Waals surface area contributed by atoms with E-state index in [1.807, 2.05) is 13.8 Å². The fourth-order valence-electron chi connectivity index (χ4n) is 2.72. The molecule has 0 radical (unpaired) electrons. The van der Waals surface area contributed by atoms with Crippen LogP contribution in [0.2, 0.25) is 5.02 Å². The second kappa shape index (κ2) is 11.2. The van der Waals surface area contributed by atoms with Crippen LogP contribution in [0.1, 0.15) is 34.6 Å². The lowest BCUT2D eigenvalue weighted by Crippen LogP contribution is -2.50. The first kappa shape index (κ1) is 23.2. The lowest BCUT2D eigenvalue weighted by Gasteiger charge is -2.22. The molecule has 0 bridgehead atoms. The molecule has 1 atom stereocenters. The standard InChI is InChI=1S/C22H26ClN3O4/c1-14(2)19(26-21(28)17-6-4-5-7-18(17)23)22(29)25-13-12-24-20(27)15-8-10-16(30-3)11-9-15/h4-11,14,19H,12-13H2,1-3H3,(H,24,27)(H,25,29)(H,26,28). The summed E-state index contributed by atoms with van der Waals surface area (Å²) in [6.07, 6.45) is 0. The Morgan fingerprint density at radius 1 is 0.933 bits per heavy atom. The van der Waals surface area contributed by atoms with Crippen LogP contribution in [-0.2, 0) is 4.79 Å². The minimum atomic E-state index is -0.730. The van der Waals surface area contributed by atoms with E-state index < -0.39 is 11.9 Å². The summed E-state index contributed by atoms with van der Waals surface area (Å²) in [6, 6.07) is 12.6. The Morgan fingerprint density at radius 2 is 1.57 bits per heavy atom. The van der Waals surface area contributed by atoms with Crippen molar-refractivity contribution < 1.29 is 19.1 Å². The van der Waals surface area contributed by atoms with Gasteiger partial charge in [0, 0.05) is 18.7 Å². The zero-order valence-electron chi connectivity index (χ0n) is 17.2. The summed E-state index contributed by atoms with van der Waals surface area (Å²) in [5, 5.41) is 8.52. The smallest absolute Gasteiger partial charge is 0.253 e. The van der Waals surface area contributed by atoms with Crippen LogP contribution in [0.15, 0.2) is 48.5 Å². The number of carbonyl (C=O) groups excluding carboxylic acids is 3. The molecule has 7 nitrogen and oxygen atoms in total. The maximum absolute atomic E-state index is 12.5. The van der Waals surface area contributed by atoms with Crippen molar-refractivity contribution in [2.45, 2.75) is 19.9 Å². The van der Waals surface area contributed by atoms with Crippen LogP contribution in [-0.4, -0.2) is 44.0 Å². The quantitative estimate of drug-likeness (QED) is 0.532. The van der Waals surface area contributed by atoms with Crippen molar-refractivity contribution in [3.63, 3.8) is 0 Å². The van der Waals surface area contributed by atoms with Crippen LogP contribution in [0.4, 0.5) is 0 Å². The second-order valence-electron chi connectivity index (χ2n) is 6.95. The lowest BCUT2D eigenvalue weighted by atomic mass is 10.0. The summed E-state index contributed by atoms with van der Waals surface area (Å²) in [5.74, 6) is -0.464. The highest BCUT2D eigenvalue weighted by atomic mass is 35.5. The molecule has 0 aliphatic heterocycles. The number of benzene rings is 2. The molecule has 0 spiro atoms. The fourth-order valence-corrected chi connectivity index (χ4v) is 2.94. The van der Waals surface area contributed by atoms with Gasteiger partial charge in [-0.3, -0.25) is 14.4 Å². The third kappa shape index (κ3) is 6.49. The minimum absolute atomic E-state index is 0.134. The first-order valence-corrected chi connectivity index (χ1v) is 9.96. The largest absolute Gasteiger partial charge is 0.497 e. The van der Waals surface area contributed by atoms with Gasteiger partial charge in [-0.05, 0) is 42.3 Å². The number of halogens is 1. The van der Waals surface area contributed by atoms with Gasteiger partial charge in [-0.15, -0.1) is 0 Å². The summed E-state index contributed by atoms with van der Waals surface area (Å²) in [5.41, 5.74) is 0.804. The van der Waals surface area contributed by atoms with Gasteiger partial charge in [0.2, 0.25) is 5.91 Å². The van der Waals surface area contributed by atoms with Crippen molar-refractivity contribution in [3.05, 3.63) is 64.7 Å². The van der Waals surface area contributed by atoms with Gasteiger partial charge in [0.05, 0.1) is 17.7 Å². The van der Waals surface area contributed by atoms with E-state index in [4.69, 9.17) is 16.3 Å². The summed E-state index contributed by atoms with van der Waals surface area (Å²) in [7, 11) is 1.55. The molecule has 0 saturated heterocycles. The highest BCUT2D eigenvalue weighted by molar-refractivity contribution is 6.33. The van der Waals surface area contributed by atoms with Crippen molar-refractivity contribution in [2.75, 3.05) is 20.2 Å². The molecule has 3 N–H and O–H groups in total. The topological polar surface area (TPSA) is 96.5 Å². The number of ether oxygens (including phenoxy) is 1. The number of rotatable bonds is 9. The number of amides is 3. The first-order chi connectivity index (χ1) is 14.3. The number of methoxy groups -OCH3 is 1. The van der Waals surface area contributed by atoms with Crippen molar-refractivity contribution in [1.82, 2.24) is 16.0 Å². The van der Waals surface area contributed by atoms with Crippen LogP contribution in [0.5, 0.6) is 5.75 Å². The summed E-state index contributed by atoms with van der Waals surface area (Å²) in [6.45, 7) is 4.15. The average Bonchev–Trinajstić information content (AvgIpc) is 2.74. The molecule has 0 aromatic heterocycles. The number of nitrogens with one attached hydrogen (secondary N) is 3. The monoisotopic (exact) mass is 431 g/mol. The molecule has 1 unspecified atom stereocenters. The van der Waals surface area contributed by atoms with E-state index in [1.54, 1.807) is 55.6 Å². The van der Waals surface area contributed by atoms with E-state index in [2.05, 4.69) is 16.0 Å². The molecule has 2 aromatic rings. The van der Waals surface area contributed by atoms with Crippen LogP contribution in [0, 0.1) is 5.92 Å². The third-order valence-corrected chi connectivity index (χ3v) is 4.75. The number of carbonyl (C=O) groups is 3. The van der Waals surface area contributed by atoms with Crippen molar-refractivity contribution in [1.29, 1.82) is 0 Å². The average molecular weight is 432 g/mol. The predicted molar refractivity (Wildman–Crippen MR) is 116 cm³/mol. The van der Waals surface area contributed by atoms with E-state index in [-0.39, 0.29) is 30.8 Å². The highest BCUT2D eigenvalue weighted by Gasteiger charge is 2.25. The third-order valence-electron chi connectivity index (χ3n) is 4.42. The van der Waals surface area contributed by atoms with Crippen LogP contribution >= 0.6 is 11.6 Å². The zero-order valence-corrected chi connectivity index (χ0v) is 18.0. The van der Waals surface area contributed by atoms with E-state index >= 15 is 0 Å². The van der Waals surface area contributed by atoms with Gasteiger partial charge in [-0.1, -0.05) is 37.6 Å². The van der Waals surface area contributed by atoms with Gasteiger partial charge >= 0.3 is 0 Å². The van der Waals surface area contributed by atoms with E-state index in [9.17, 15) is 14.4 Å². The summed E-state index contributed by atoms with van der Waals surface area (Å²) in [4.78, 5) is 37.1. The van der Waals surface area contributed by atoms with Crippen LogP contribution in [0.3, 0.4) is 0 Å². The molecular formula is C22H26ClN3O4. The second-order valence-corrected chi connectivity index (χ2v) is 7.36. The minimum Gasteiger partial charge on any atom is -0.497 e. The number of hydrogen-bond acceptors (Lipinski definition) is 4. The summed E-state index contributed by atoms with van der Waals surface area (Å²) >= 11 is 6.05. The molecule has 0 fully saturated rings. The molecule has 0 heterocycles. The van der Waals surface area contributed by atoms with Crippen molar-refractivity contribution >= 4 is 29.3 Å². The molecule has 2 rings (SSSR count). The van der Waals surface area contributed by atoms with Crippen LogP contribution < -0.4 is 20.7 Å². The van der Waals surface area contributed by atoms with Gasteiger partial charge in [-0.2, -0.15) is 0 Å². The van der Waals surface area contributed by atoms with Crippen molar-refractivity contribution in [3.8, 4) is 5.75 Å². The van der Waals surface area contributed by atoms with Gasteiger partial charge in [0.15, 0.2) is 0 Å². The summed E-state index contributed by atoms with van der Waals surface area (Å²) < 4.78 is 5.06. The number of hydrogen-bond donors (Lipinski definition) is 3. The Labute approximate surface area is 181 Å². The normalized spacial score (nSPS) is 11.5. The fraction of sp³-hybridized carbons (Fsp3) is 0.318. The molecule has 30 heavy (non-hydrogen) atoms. The molecule has 8 heteroatoms. The zero-order chi connectivity index (χ0) is 22.1. The van der Waals surface area contributed by atoms with Gasteiger partial charge in [0.1, 0.15) is 11.8 Å². The molecule has 0 aliphatic rings. The lowest BCUT2D eigenvalue weighted by molar-refractivity contribution is -0.123. The van der Waals surface area contributed by atoms with E-state index in [0.717, 1.165) is 0 Å². The maximum atomic E-state index is 12.5.